The van der Waals surface area contributed by atoms with Crippen molar-refractivity contribution in [1.82, 2.24) is 9.21 Å². The number of piperazine rings is 1. The first-order valence-electron chi connectivity index (χ1n) is 7.55. The summed E-state index contributed by atoms with van der Waals surface area (Å²) in [5, 5.41) is 8.95. The fraction of sp³-hybridized carbons (Fsp3) is 0.714. The van der Waals surface area contributed by atoms with Crippen molar-refractivity contribution in [3.63, 3.8) is 0 Å². The van der Waals surface area contributed by atoms with E-state index in [0.717, 1.165) is 24.4 Å². The van der Waals surface area contributed by atoms with Gasteiger partial charge in [0.2, 0.25) is 0 Å². The maximum atomic E-state index is 12.7. The van der Waals surface area contributed by atoms with Crippen LogP contribution < -0.4 is 0 Å². The van der Waals surface area contributed by atoms with E-state index in [9.17, 15) is 8.42 Å². The van der Waals surface area contributed by atoms with Gasteiger partial charge in [-0.25, -0.2) is 8.42 Å². The first-order chi connectivity index (χ1) is 10.1. The number of hydrogen-bond donors (Lipinski definition) is 1. The second-order valence-electron chi connectivity index (χ2n) is 5.74. The zero-order valence-corrected chi connectivity index (χ0v) is 13.7. The van der Waals surface area contributed by atoms with Gasteiger partial charge in [0.15, 0.2) is 0 Å². The fourth-order valence-electron chi connectivity index (χ4n) is 3.21. The van der Waals surface area contributed by atoms with Gasteiger partial charge in [0.25, 0.3) is 10.0 Å². The van der Waals surface area contributed by atoms with Crippen molar-refractivity contribution in [3.8, 4) is 0 Å². The molecule has 3 heterocycles. The van der Waals surface area contributed by atoms with Gasteiger partial charge in [-0.2, -0.15) is 4.31 Å². The fourth-order valence-corrected chi connectivity index (χ4v) is 6.18. The summed E-state index contributed by atoms with van der Waals surface area (Å²) in [6.45, 7) is 3.22. The third kappa shape index (κ3) is 3.17. The Labute approximate surface area is 130 Å². The molecule has 0 aromatic carbocycles. The third-order valence-corrected chi connectivity index (χ3v) is 7.87. The quantitative estimate of drug-likeness (QED) is 0.899. The number of nitrogens with zero attached hydrogens (tertiary/aromatic N) is 2. The highest BCUT2D eigenvalue weighted by atomic mass is 32.2. The molecule has 1 atom stereocenters. The summed E-state index contributed by atoms with van der Waals surface area (Å²) >= 11 is 1.28. The van der Waals surface area contributed by atoms with Gasteiger partial charge >= 0.3 is 0 Å². The van der Waals surface area contributed by atoms with E-state index in [0.29, 0.717) is 29.8 Å². The predicted octanol–water partition coefficient (Wildman–Crippen LogP) is 1.14. The Morgan fingerprint density at radius 1 is 1.24 bits per heavy atom. The lowest BCUT2D eigenvalue weighted by atomic mass is 10.0. The highest BCUT2D eigenvalue weighted by Gasteiger charge is 2.35. The van der Waals surface area contributed by atoms with Crippen molar-refractivity contribution in [2.24, 2.45) is 0 Å². The number of sulfonamides is 1. The molecular weight excluding hydrogens is 308 g/mol. The Morgan fingerprint density at radius 2 is 2.10 bits per heavy atom. The van der Waals surface area contributed by atoms with Gasteiger partial charge in [-0.15, -0.1) is 11.3 Å². The van der Waals surface area contributed by atoms with Crippen LogP contribution in [0.5, 0.6) is 0 Å². The molecule has 7 heteroatoms. The topological polar surface area (TPSA) is 60.9 Å². The number of thiophene rings is 1. The van der Waals surface area contributed by atoms with Crippen molar-refractivity contribution in [2.45, 2.75) is 35.9 Å². The van der Waals surface area contributed by atoms with Gasteiger partial charge in [-0.05, 0) is 31.5 Å². The highest BCUT2D eigenvalue weighted by molar-refractivity contribution is 7.91. The molecule has 118 valence electrons. The van der Waals surface area contributed by atoms with E-state index in [1.165, 1.54) is 24.2 Å². The predicted molar refractivity (Wildman–Crippen MR) is 83.1 cm³/mol. The van der Waals surface area contributed by atoms with Crippen LogP contribution in [0.3, 0.4) is 0 Å². The Kier molecular flexibility index (Phi) is 4.66. The molecule has 0 spiro atoms. The number of hydrogen-bond acceptors (Lipinski definition) is 5. The smallest absolute Gasteiger partial charge is 0.252 e. The molecule has 2 fully saturated rings. The number of fused-ring (bicyclic) bond motifs is 1. The number of aliphatic hydroxyl groups is 1. The van der Waals surface area contributed by atoms with Crippen LogP contribution in [-0.4, -0.2) is 61.6 Å². The minimum absolute atomic E-state index is 0.0563. The lowest BCUT2D eigenvalue weighted by Crippen LogP contribution is -2.55. The average Bonchev–Trinajstić information content (AvgIpc) is 2.96. The van der Waals surface area contributed by atoms with E-state index in [2.05, 4.69) is 4.90 Å². The summed E-state index contributed by atoms with van der Waals surface area (Å²) in [7, 11) is -3.37. The minimum Gasteiger partial charge on any atom is -0.396 e. The molecule has 0 radical (unpaired) electrons. The molecule has 2 aliphatic heterocycles. The zero-order chi connectivity index (χ0) is 14.9. The third-order valence-electron chi connectivity index (χ3n) is 4.39. The van der Waals surface area contributed by atoms with Crippen LogP contribution >= 0.6 is 11.3 Å². The summed E-state index contributed by atoms with van der Waals surface area (Å²) in [6.07, 6.45) is 4.07. The molecule has 0 aliphatic carbocycles. The number of piperidine rings is 1. The van der Waals surface area contributed by atoms with Gasteiger partial charge in [0.1, 0.15) is 4.21 Å². The summed E-state index contributed by atoms with van der Waals surface area (Å²) in [4.78, 5) is 3.36. The standard InChI is InChI=1S/C14H22N2O3S2/c17-10-6-13-4-5-14(20-13)21(18,19)16-9-8-15-7-2-1-3-12(15)11-16/h4-5,12,17H,1-3,6-11H2. The maximum absolute atomic E-state index is 12.7. The largest absolute Gasteiger partial charge is 0.396 e. The molecular formula is C14H22N2O3S2. The van der Waals surface area contributed by atoms with Crippen LogP contribution in [0.4, 0.5) is 0 Å². The van der Waals surface area contributed by atoms with Crippen molar-refractivity contribution in [3.05, 3.63) is 17.0 Å². The molecule has 5 nitrogen and oxygen atoms in total. The molecule has 0 saturated carbocycles. The lowest BCUT2D eigenvalue weighted by molar-refractivity contribution is 0.0852. The van der Waals surface area contributed by atoms with Crippen LogP contribution in [0, 0.1) is 0 Å². The van der Waals surface area contributed by atoms with E-state index in [-0.39, 0.29) is 6.61 Å². The Bertz CT molecular complexity index is 585. The summed E-state index contributed by atoms with van der Waals surface area (Å²) in [6, 6.07) is 3.88. The van der Waals surface area contributed by atoms with Gasteiger partial charge in [-0.1, -0.05) is 6.42 Å². The van der Waals surface area contributed by atoms with Crippen molar-refractivity contribution >= 4 is 21.4 Å². The maximum Gasteiger partial charge on any atom is 0.252 e. The van der Waals surface area contributed by atoms with Gasteiger partial charge in [-0.3, -0.25) is 4.90 Å². The van der Waals surface area contributed by atoms with E-state index in [1.54, 1.807) is 10.4 Å². The second-order valence-corrected chi connectivity index (χ2v) is 9.08. The van der Waals surface area contributed by atoms with E-state index >= 15 is 0 Å². The monoisotopic (exact) mass is 330 g/mol. The Balaban J connectivity index is 1.75. The molecule has 1 aromatic rings. The molecule has 1 unspecified atom stereocenters. The first kappa shape index (κ1) is 15.4. The highest BCUT2D eigenvalue weighted by Crippen LogP contribution is 2.29. The molecule has 2 aliphatic rings. The van der Waals surface area contributed by atoms with Crippen LogP contribution in [-0.2, 0) is 16.4 Å². The van der Waals surface area contributed by atoms with Crippen molar-refractivity contribution < 1.29 is 13.5 Å². The molecule has 2 saturated heterocycles. The summed E-state index contributed by atoms with van der Waals surface area (Å²) < 4.78 is 27.5. The SMILES string of the molecule is O=S(=O)(c1ccc(CCO)s1)N1CCN2CCCCC2C1. The minimum atomic E-state index is -3.37. The number of rotatable bonds is 4. The normalized spacial score (nSPS) is 24.9. The lowest BCUT2D eigenvalue weighted by Gasteiger charge is -2.43. The van der Waals surface area contributed by atoms with Gasteiger partial charge in [0.05, 0.1) is 0 Å². The molecule has 0 bridgehead atoms. The van der Waals surface area contributed by atoms with Crippen LogP contribution in [0.15, 0.2) is 16.3 Å². The van der Waals surface area contributed by atoms with Crippen LogP contribution in [0.1, 0.15) is 24.1 Å². The van der Waals surface area contributed by atoms with Crippen LogP contribution in [0.2, 0.25) is 0 Å². The van der Waals surface area contributed by atoms with E-state index in [4.69, 9.17) is 5.11 Å². The number of aliphatic hydroxyl groups excluding tert-OH is 1. The molecule has 1 aromatic heterocycles. The van der Waals surface area contributed by atoms with Gasteiger partial charge in [0, 0.05) is 43.6 Å². The van der Waals surface area contributed by atoms with Crippen molar-refractivity contribution in [2.75, 3.05) is 32.8 Å². The summed E-state index contributed by atoms with van der Waals surface area (Å²) in [5.41, 5.74) is 0. The molecule has 3 rings (SSSR count). The van der Waals surface area contributed by atoms with E-state index in [1.807, 2.05) is 6.07 Å². The Morgan fingerprint density at radius 3 is 2.90 bits per heavy atom. The molecule has 0 amide bonds. The summed E-state index contributed by atoms with van der Waals surface area (Å²) in [5.74, 6) is 0. The Hall–Kier alpha value is -0.470. The van der Waals surface area contributed by atoms with Crippen LogP contribution in [0.25, 0.3) is 0 Å². The molecule has 1 N–H and O–H groups in total. The second kappa shape index (κ2) is 6.34. The first-order valence-corrected chi connectivity index (χ1v) is 9.80. The zero-order valence-electron chi connectivity index (χ0n) is 12.1. The van der Waals surface area contributed by atoms with Gasteiger partial charge < -0.3 is 5.11 Å². The van der Waals surface area contributed by atoms with E-state index < -0.39 is 10.0 Å². The molecule has 21 heavy (non-hydrogen) atoms. The van der Waals surface area contributed by atoms with Crippen molar-refractivity contribution in [1.29, 1.82) is 0 Å². The average molecular weight is 330 g/mol.